The number of likely N-dealkylation sites (tertiary alicyclic amines) is 1. The predicted molar refractivity (Wildman–Crippen MR) is 104 cm³/mol. The molecule has 4 rings (SSSR count). The minimum absolute atomic E-state index is 0.0376. The Balaban J connectivity index is 1.55. The summed E-state index contributed by atoms with van der Waals surface area (Å²) >= 11 is 0. The minimum Gasteiger partial charge on any atom is -0.345 e. The van der Waals surface area contributed by atoms with Crippen molar-refractivity contribution in [2.24, 2.45) is 0 Å². The summed E-state index contributed by atoms with van der Waals surface area (Å²) in [5.74, 6) is 0.383. The quantitative estimate of drug-likeness (QED) is 0.850. The first-order valence-corrected chi connectivity index (χ1v) is 9.78. The van der Waals surface area contributed by atoms with Crippen LogP contribution < -0.4 is 10.9 Å². The maximum Gasteiger partial charge on any atom is 0.254 e. The molecule has 28 heavy (non-hydrogen) atoms. The summed E-state index contributed by atoms with van der Waals surface area (Å²) in [4.78, 5) is 46.7. The van der Waals surface area contributed by atoms with Gasteiger partial charge in [-0.15, -0.1) is 0 Å². The lowest BCUT2D eigenvalue weighted by Gasteiger charge is -2.26. The van der Waals surface area contributed by atoms with E-state index in [1.165, 1.54) is 0 Å². The van der Waals surface area contributed by atoms with E-state index >= 15 is 0 Å². The second kappa shape index (κ2) is 7.22. The zero-order valence-corrected chi connectivity index (χ0v) is 16.1. The van der Waals surface area contributed by atoms with Gasteiger partial charge in [0.2, 0.25) is 5.91 Å². The first-order chi connectivity index (χ1) is 13.5. The van der Waals surface area contributed by atoms with E-state index in [-0.39, 0.29) is 35.9 Å². The van der Waals surface area contributed by atoms with Crippen LogP contribution in [0.5, 0.6) is 0 Å². The molecule has 2 N–H and O–H groups in total. The van der Waals surface area contributed by atoms with E-state index in [0.717, 1.165) is 24.1 Å². The third kappa shape index (κ3) is 3.10. The molecular weight excluding hydrogens is 356 g/mol. The Labute approximate surface area is 163 Å². The van der Waals surface area contributed by atoms with Crippen molar-refractivity contribution < 1.29 is 9.59 Å². The average molecular weight is 380 g/mol. The predicted octanol–water partition coefficient (Wildman–Crippen LogP) is 2.18. The molecule has 7 nitrogen and oxygen atoms in total. The molecule has 2 aromatic rings. The van der Waals surface area contributed by atoms with Gasteiger partial charge >= 0.3 is 0 Å². The molecule has 1 aromatic heterocycles. The number of aromatic nitrogens is 2. The summed E-state index contributed by atoms with van der Waals surface area (Å²) in [6, 6.07) is 6.83. The number of rotatable bonds is 4. The number of carbonyl (C=O) groups excluding carboxylic acids is 2. The van der Waals surface area contributed by atoms with Crippen molar-refractivity contribution in [1.29, 1.82) is 0 Å². The van der Waals surface area contributed by atoms with Gasteiger partial charge in [0.25, 0.3) is 11.5 Å². The van der Waals surface area contributed by atoms with Crippen LogP contribution >= 0.6 is 0 Å². The third-order valence-electron chi connectivity index (χ3n) is 5.75. The van der Waals surface area contributed by atoms with Crippen molar-refractivity contribution in [3.05, 3.63) is 62.8 Å². The lowest BCUT2D eigenvalue weighted by Crippen LogP contribution is -2.35. The molecule has 0 aliphatic carbocycles. The molecule has 0 bridgehead atoms. The highest BCUT2D eigenvalue weighted by molar-refractivity contribution is 5.99. The topological polar surface area (TPSA) is 95.2 Å². The molecule has 1 saturated heterocycles. The van der Waals surface area contributed by atoms with Gasteiger partial charge in [0.1, 0.15) is 5.82 Å². The van der Waals surface area contributed by atoms with Crippen LogP contribution in [0.2, 0.25) is 0 Å². The number of aryl methyl sites for hydroxylation is 1. The Morgan fingerprint density at radius 2 is 2.07 bits per heavy atom. The Morgan fingerprint density at radius 3 is 2.82 bits per heavy atom. The molecule has 1 aromatic carbocycles. The smallest absolute Gasteiger partial charge is 0.254 e. The number of aromatic amines is 1. The number of H-pyrrole nitrogens is 1. The summed E-state index contributed by atoms with van der Waals surface area (Å²) in [5, 5.41) is 2.90. The summed E-state index contributed by atoms with van der Waals surface area (Å²) in [6.07, 6.45) is 2.47. The summed E-state index contributed by atoms with van der Waals surface area (Å²) in [5.41, 5.74) is 2.78. The van der Waals surface area contributed by atoms with Crippen molar-refractivity contribution in [3.8, 4) is 0 Å². The molecule has 1 fully saturated rings. The zero-order chi connectivity index (χ0) is 19.8. The van der Waals surface area contributed by atoms with Crippen LogP contribution in [0.3, 0.4) is 0 Å². The fraction of sp³-hybridized carbons (Fsp3) is 0.429. The minimum atomic E-state index is -0.311. The van der Waals surface area contributed by atoms with Crippen LogP contribution in [0.1, 0.15) is 71.3 Å². The molecule has 0 spiro atoms. The van der Waals surface area contributed by atoms with E-state index in [1.54, 1.807) is 11.0 Å². The SMILES string of the molecule is CCc1c(C)nc([C@H]2CCCN2C(=O)C[C@@H]2NC(=O)c3ccccc32)[nH]c1=O. The van der Waals surface area contributed by atoms with Crippen molar-refractivity contribution >= 4 is 11.8 Å². The molecule has 0 unspecified atom stereocenters. The molecule has 2 aliphatic heterocycles. The van der Waals surface area contributed by atoms with Crippen LogP contribution in [-0.2, 0) is 11.2 Å². The Hall–Kier alpha value is -2.96. The lowest BCUT2D eigenvalue weighted by molar-refractivity contribution is -0.132. The van der Waals surface area contributed by atoms with Gasteiger partial charge in [-0.05, 0) is 37.8 Å². The second-order valence-corrected chi connectivity index (χ2v) is 7.43. The van der Waals surface area contributed by atoms with E-state index in [2.05, 4.69) is 15.3 Å². The van der Waals surface area contributed by atoms with Crippen LogP contribution in [0.25, 0.3) is 0 Å². The Morgan fingerprint density at radius 1 is 1.29 bits per heavy atom. The van der Waals surface area contributed by atoms with Crippen molar-refractivity contribution in [2.45, 2.75) is 51.6 Å². The van der Waals surface area contributed by atoms with Crippen LogP contribution in [-0.4, -0.2) is 33.2 Å². The number of hydrogen-bond acceptors (Lipinski definition) is 4. The molecule has 2 amide bonds. The summed E-state index contributed by atoms with van der Waals surface area (Å²) < 4.78 is 0. The molecule has 0 saturated carbocycles. The molecular formula is C21H24N4O3. The van der Waals surface area contributed by atoms with E-state index in [1.807, 2.05) is 32.0 Å². The Bertz CT molecular complexity index is 997. The first kappa shape index (κ1) is 18.4. The number of hydrogen-bond donors (Lipinski definition) is 2. The standard InChI is InChI=1S/C21H24N4O3/c1-3-13-12(2)22-19(24-20(13)27)17-9-6-10-25(17)18(26)11-16-14-7-4-5-8-15(14)21(28)23-16/h4-5,7-8,16-17H,3,6,9-11H2,1-2H3,(H,23,28)(H,22,24,27)/t16-,17+/m0/s1. The number of benzene rings is 1. The van der Waals surface area contributed by atoms with E-state index < -0.39 is 0 Å². The molecule has 2 aliphatic rings. The third-order valence-corrected chi connectivity index (χ3v) is 5.75. The maximum atomic E-state index is 13.0. The number of carbonyl (C=O) groups is 2. The van der Waals surface area contributed by atoms with Crippen molar-refractivity contribution in [2.75, 3.05) is 6.54 Å². The van der Waals surface area contributed by atoms with Gasteiger partial charge in [-0.3, -0.25) is 14.4 Å². The number of fused-ring (bicyclic) bond motifs is 1. The molecule has 146 valence electrons. The van der Waals surface area contributed by atoms with Gasteiger partial charge in [0.15, 0.2) is 0 Å². The lowest BCUT2D eigenvalue weighted by atomic mass is 10.0. The zero-order valence-electron chi connectivity index (χ0n) is 16.1. The first-order valence-electron chi connectivity index (χ1n) is 9.78. The van der Waals surface area contributed by atoms with Gasteiger partial charge in [-0.2, -0.15) is 0 Å². The molecule has 2 atom stereocenters. The van der Waals surface area contributed by atoms with Gasteiger partial charge in [0, 0.05) is 23.4 Å². The monoisotopic (exact) mass is 380 g/mol. The fourth-order valence-corrected chi connectivity index (χ4v) is 4.33. The van der Waals surface area contributed by atoms with Gasteiger partial charge in [-0.25, -0.2) is 4.98 Å². The molecule has 0 radical (unpaired) electrons. The largest absolute Gasteiger partial charge is 0.345 e. The van der Waals surface area contributed by atoms with E-state index in [4.69, 9.17) is 0 Å². The Kier molecular flexibility index (Phi) is 4.75. The van der Waals surface area contributed by atoms with Gasteiger partial charge in [0.05, 0.1) is 18.5 Å². The highest BCUT2D eigenvalue weighted by atomic mass is 16.2. The number of nitrogens with zero attached hydrogens (tertiary/aromatic N) is 2. The van der Waals surface area contributed by atoms with Crippen LogP contribution in [0.4, 0.5) is 0 Å². The molecule has 3 heterocycles. The van der Waals surface area contributed by atoms with Gasteiger partial charge in [-0.1, -0.05) is 25.1 Å². The number of amides is 2. The van der Waals surface area contributed by atoms with E-state index in [9.17, 15) is 14.4 Å². The van der Waals surface area contributed by atoms with Gasteiger partial charge < -0.3 is 15.2 Å². The second-order valence-electron chi connectivity index (χ2n) is 7.43. The highest BCUT2D eigenvalue weighted by Gasteiger charge is 2.36. The van der Waals surface area contributed by atoms with Crippen LogP contribution in [0.15, 0.2) is 29.1 Å². The summed E-state index contributed by atoms with van der Waals surface area (Å²) in [6.45, 7) is 4.39. The molecule has 7 heteroatoms. The number of nitrogens with one attached hydrogen (secondary N) is 2. The fourth-order valence-electron chi connectivity index (χ4n) is 4.33. The normalized spacial score (nSPS) is 20.9. The van der Waals surface area contributed by atoms with Crippen LogP contribution in [0, 0.1) is 6.92 Å². The maximum absolute atomic E-state index is 13.0. The van der Waals surface area contributed by atoms with E-state index in [0.29, 0.717) is 29.9 Å². The average Bonchev–Trinajstić information content (AvgIpc) is 3.27. The summed E-state index contributed by atoms with van der Waals surface area (Å²) in [7, 11) is 0. The van der Waals surface area contributed by atoms with Crippen molar-refractivity contribution in [1.82, 2.24) is 20.2 Å². The highest BCUT2D eigenvalue weighted by Crippen LogP contribution is 2.33. The van der Waals surface area contributed by atoms with Crippen molar-refractivity contribution in [3.63, 3.8) is 0 Å².